The third kappa shape index (κ3) is 3.30. The average molecular weight is 372 g/mol. The highest BCUT2D eigenvalue weighted by atomic mass is 32.1. The number of rotatable bonds is 4. The van der Waals surface area contributed by atoms with Crippen molar-refractivity contribution >= 4 is 23.2 Å². The van der Waals surface area contributed by atoms with Crippen molar-refractivity contribution in [2.45, 2.75) is 57.8 Å². The molecule has 0 aromatic carbocycles. The van der Waals surface area contributed by atoms with E-state index in [-0.39, 0.29) is 17.9 Å². The van der Waals surface area contributed by atoms with Crippen LogP contribution in [0.2, 0.25) is 0 Å². The molecule has 2 aliphatic rings. The predicted molar refractivity (Wildman–Crippen MR) is 102 cm³/mol. The second-order valence-electron chi connectivity index (χ2n) is 7.44. The van der Waals surface area contributed by atoms with Crippen LogP contribution >= 0.6 is 11.3 Å². The monoisotopic (exact) mass is 371 g/mol. The van der Waals surface area contributed by atoms with E-state index < -0.39 is 6.04 Å². The predicted octanol–water partition coefficient (Wildman–Crippen LogP) is 3.33. The van der Waals surface area contributed by atoms with Crippen LogP contribution in [0.5, 0.6) is 0 Å². The summed E-state index contributed by atoms with van der Waals surface area (Å²) in [5, 5.41) is 5.26. The molecule has 1 saturated carbocycles. The number of amides is 2. The second kappa shape index (κ2) is 7.27. The first kappa shape index (κ1) is 17.3. The molecule has 3 atom stereocenters. The molecule has 0 spiro atoms. The van der Waals surface area contributed by atoms with Crippen LogP contribution in [0.25, 0.3) is 0 Å². The summed E-state index contributed by atoms with van der Waals surface area (Å²) in [4.78, 5) is 28.9. The molecular weight excluding hydrogens is 346 g/mol. The Morgan fingerprint density at radius 3 is 2.88 bits per heavy atom. The molecule has 2 amide bonds. The number of aromatic nitrogens is 1. The zero-order chi connectivity index (χ0) is 18.1. The molecule has 4 rings (SSSR count). The van der Waals surface area contributed by atoms with E-state index in [0.717, 1.165) is 29.8 Å². The summed E-state index contributed by atoms with van der Waals surface area (Å²) in [5.41, 5.74) is 0.905. The van der Waals surface area contributed by atoms with E-state index in [9.17, 15) is 9.59 Å². The summed E-state index contributed by atoms with van der Waals surface area (Å²) in [6.45, 7) is 3.00. The van der Waals surface area contributed by atoms with Gasteiger partial charge in [-0.2, -0.15) is 0 Å². The first-order valence-corrected chi connectivity index (χ1v) is 10.3. The average Bonchev–Trinajstić information content (AvgIpc) is 3.29. The molecule has 2 aromatic heterocycles. The van der Waals surface area contributed by atoms with Gasteiger partial charge in [0.05, 0.1) is 12.2 Å². The lowest BCUT2D eigenvalue weighted by atomic mass is 9.85. The van der Waals surface area contributed by atoms with Gasteiger partial charge in [0.2, 0.25) is 11.8 Å². The van der Waals surface area contributed by atoms with Crippen molar-refractivity contribution in [3.05, 3.63) is 46.4 Å². The molecule has 26 heavy (non-hydrogen) atoms. The highest BCUT2D eigenvalue weighted by Gasteiger charge is 2.38. The molecule has 1 aliphatic heterocycles. The van der Waals surface area contributed by atoms with Crippen LogP contribution in [0.1, 0.15) is 49.2 Å². The van der Waals surface area contributed by atoms with Crippen LogP contribution in [0.4, 0.5) is 0 Å². The van der Waals surface area contributed by atoms with Crippen molar-refractivity contribution in [2.24, 2.45) is 5.92 Å². The zero-order valence-electron chi connectivity index (χ0n) is 15.1. The molecule has 0 bridgehead atoms. The van der Waals surface area contributed by atoms with Crippen LogP contribution in [-0.4, -0.2) is 27.3 Å². The highest BCUT2D eigenvalue weighted by molar-refractivity contribution is 7.09. The number of carbonyl (C=O) groups is 2. The standard InChI is InChI=1S/C20H25N3O2S/c1-14-6-2-3-8-16(14)21-20(25)19-17-9-4-10-22(17)13-18(24)23(19)12-15-7-5-11-26-15/h4-5,7,9-11,14,16,19H,2-3,6,8,12-13H2,1H3,(H,21,25)/t14-,16+,19+/m1/s1. The Labute approximate surface area is 158 Å². The molecule has 1 aliphatic carbocycles. The summed E-state index contributed by atoms with van der Waals surface area (Å²) in [7, 11) is 0. The number of nitrogens with zero attached hydrogens (tertiary/aromatic N) is 2. The minimum atomic E-state index is -0.553. The van der Waals surface area contributed by atoms with Crippen molar-refractivity contribution in [1.82, 2.24) is 14.8 Å². The first-order valence-electron chi connectivity index (χ1n) is 9.41. The van der Waals surface area contributed by atoms with Gasteiger partial charge in [-0.1, -0.05) is 25.8 Å². The highest BCUT2D eigenvalue weighted by Crippen LogP contribution is 2.31. The molecule has 138 valence electrons. The van der Waals surface area contributed by atoms with Gasteiger partial charge in [-0.15, -0.1) is 11.3 Å². The fraction of sp³-hybridized carbons (Fsp3) is 0.500. The van der Waals surface area contributed by atoms with Gasteiger partial charge in [-0.25, -0.2) is 0 Å². The van der Waals surface area contributed by atoms with Crippen LogP contribution in [0.3, 0.4) is 0 Å². The fourth-order valence-electron chi connectivity index (χ4n) is 4.18. The maximum Gasteiger partial charge on any atom is 0.249 e. The van der Waals surface area contributed by atoms with Crippen molar-refractivity contribution in [1.29, 1.82) is 0 Å². The first-order chi connectivity index (χ1) is 12.6. The Kier molecular flexibility index (Phi) is 4.85. The van der Waals surface area contributed by atoms with Gasteiger partial charge in [-0.3, -0.25) is 9.59 Å². The van der Waals surface area contributed by atoms with E-state index in [4.69, 9.17) is 0 Å². The van der Waals surface area contributed by atoms with Crippen LogP contribution in [0.15, 0.2) is 35.8 Å². The minimum Gasteiger partial charge on any atom is -0.351 e. The topological polar surface area (TPSA) is 54.3 Å². The van der Waals surface area contributed by atoms with Crippen molar-refractivity contribution in [3.63, 3.8) is 0 Å². The lowest BCUT2D eigenvalue weighted by Crippen LogP contribution is -2.51. The molecule has 6 heteroatoms. The number of thiophene rings is 1. The van der Waals surface area contributed by atoms with Gasteiger partial charge in [0, 0.05) is 17.1 Å². The summed E-state index contributed by atoms with van der Waals surface area (Å²) in [6.07, 6.45) is 6.47. The van der Waals surface area contributed by atoms with E-state index in [1.165, 1.54) is 6.42 Å². The Hall–Kier alpha value is -2.08. The molecule has 2 aromatic rings. The van der Waals surface area contributed by atoms with Crippen molar-refractivity contribution in [3.8, 4) is 0 Å². The normalized spacial score (nSPS) is 25.8. The Morgan fingerprint density at radius 2 is 2.12 bits per heavy atom. The van der Waals surface area contributed by atoms with Gasteiger partial charge in [0.1, 0.15) is 6.54 Å². The van der Waals surface area contributed by atoms with Gasteiger partial charge < -0.3 is 14.8 Å². The molecule has 5 nitrogen and oxygen atoms in total. The molecule has 0 unspecified atom stereocenters. The van der Waals surface area contributed by atoms with E-state index in [1.807, 2.05) is 40.4 Å². The quantitative estimate of drug-likeness (QED) is 0.896. The van der Waals surface area contributed by atoms with E-state index >= 15 is 0 Å². The van der Waals surface area contributed by atoms with Crippen LogP contribution in [0, 0.1) is 5.92 Å². The largest absolute Gasteiger partial charge is 0.351 e. The lowest BCUT2D eigenvalue weighted by molar-refractivity contribution is -0.145. The third-order valence-electron chi connectivity index (χ3n) is 5.68. The molecule has 3 heterocycles. The van der Waals surface area contributed by atoms with Crippen molar-refractivity contribution in [2.75, 3.05) is 0 Å². The second-order valence-corrected chi connectivity index (χ2v) is 8.47. The van der Waals surface area contributed by atoms with E-state index in [0.29, 0.717) is 19.0 Å². The number of carbonyl (C=O) groups excluding carboxylic acids is 2. The summed E-state index contributed by atoms with van der Waals surface area (Å²) in [6, 6.07) is 7.53. The molecular formula is C20H25N3O2S. The number of hydrogen-bond acceptors (Lipinski definition) is 3. The maximum atomic E-state index is 13.2. The lowest BCUT2D eigenvalue weighted by Gasteiger charge is -2.37. The van der Waals surface area contributed by atoms with Gasteiger partial charge in [0.25, 0.3) is 0 Å². The zero-order valence-corrected chi connectivity index (χ0v) is 15.9. The van der Waals surface area contributed by atoms with Crippen LogP contribution in [-0.2, 0) is 22.7 Å². The molecule has 0 saturated heterocycles. The number of hydrogen-bond donors (Lipinski definition) is 1. The summed E-state index contributed by atoms with van der Waals surface area (Å²) < 4.78 is 1.90. The SMILES string of the molecule is C[C@@H]1CCCC[C@@H]1NC(=O)[C@@H]1c2cccn2CC(=O)N1Cc1cccs1. The fourth-order valence-corrected chi connectivity index (χ4v) is 4.88. The molecule has 1 fully saturated rings. The molecule has 1 N–H and O–H groups in total. The molecule has 0 radical (unpaired) electrons. The minimum absolute atomic E-state index is 0.000979. The van der Waals surface area contributed by atoms with Gasteiger partial charge >= 0.3 is 0 Å². The Balaban J connectivity index is 1.60. The van der Waals surface area contributed by atoms with E-state index in [2.05, 4.69) is 12.2 Å². The maximum absolute atomic E-state index is 13.2. The number of fused-ring (bicyclic) bond motifs is 1. The Morgan fingerprint density at radius 1 is 1.27 bits per heavy atom. The summed E-state index contributed by atoms with van der Waals surface area (Å²) in [5.74, 6) is 0.441. The smallest absolute Gasteiger partial charge is 0.249 e. The van der Waals surface area contributed by atoms with Gasteiger partial charge in [0.15, 0.2) is 6.04 Å². The van der Waals surface area contributed by atoms with Gasteiger partial charge in [-0.05, 0) is 42.3 Å². The van der Waals surface area contributed by atoms with Crippen molar-refractivity contribution < 1.29 is 9.59 Å². The third-order valence-corrected chi connectivity index (χ3v) is 6.54. The van der Waals surface area contributed by atoms with E-state index in [1.54, 1.807) is 16.2 Å². The number of nitrogens with one attached hydrogen (secondary N) is 1. The Bertz CT molecular complexity index is 783. The van der Waals surface area contributed by atoms with Crippen LogP contribution < -0.4 is 5.32 Å². The summed E-state index contributed by atoms with van der Waals surface area (Å²) >= 11 is 1.62.